The Hall–Kier alpha value is -0.910. The van der Waals surface area contributed by atoms with Gasteiger partial charge in [-0.3, -0.25) is 0 Å². The predicted octanol–water partition coefficient (Wildman–Crippen LogP) is 3.02. The highest BCUT2D eigenvalue weighted by molar-refractivity contribution is 7.89. The molecule has 2 rings (SSSR count). The van der Waals surface area contributed by atoms with Crippen LogP contribution in [0.15, 0.2) is 29.2 Å². The number of hydrogen-bond acceptors (Lipinski definition) is 3. The molecule has 1 aromatic rings. The quantitative estimate of drug-likeness (QED) is 0.867. The molecule has 1 fully saturated rings. The fraction of sp³-hybridized carbons (Fsp3) is 0.667. The minimum atomic E-state index is -3.37. The van der Waals surface area contributed by atoms with E-state index in [4.69, 9.17) is 5.73 Å². The molecule has 1 heterocycles. The smallest absolute Gasteiger partial charge is 0.243 e. The Labute approximate surface area is 141 Å². The third-order valence-corrected chi connectivity index (χ3v) is 6.73. The van der Waals surface area contributed by atoms with Gasteiger partial charge in [-0.2, -0.15) is 4.31 Å². The van der Waals surface area contributed by atoms with Crippen LogP contribution in [0.3, 0.4) is 0 Å². The van der Waals surface area contributed by atoms with Crippen LogP contribution in [-0.4, -0.2) is 31.9 Å². The van der Waals surface area contributed by atoms with E-state index in [0.29, 0.717) is 29.8 Å². The first-order valence-corrected chi connectivity index (χ1v) is 10.1. The molecule has 0 saturated carbocycles. The molecule has 4 nitrogen and oxygen atoms in total. The van der Waals surface area contributed by atoms with E-state index in [1.54, 1.807) is 16.4 Å². The summed E-state index contributed by atoms with van der Waals surface area (Å²) in [6.07, 6.45) is 3.82. The minimum Gasteiger partial charge on any atom is -0.328 e. The number of rotatable bonds is 6. The number of nitrogens with two attached hydrogens (primary N) is 1. The van der Waals surface area contributed by atoms with E-state index < -0.39 is 10.0 Å². The monoisotopic (exact) mass is 338 g/mol. The summed E-state index contributed by atoms with van der Waals surface area (Å²) in [6, 6.07) is 7.54. The largest absolute Gasteiger partial charge is 0.328 e. The Morgan fingerprint density at radius 1 is 1.13 bits per heavy atom. The van der Waals surface area contributed by atoms with Crippen molar-refractivity contribution in [2.45, 2.75) is 57.4 Å². The van der Waals surface area contributed by atoms with Gasteiger partial charge < -0.3 is 5.73 Å². The van der Waals surface area contributed by atoms with Gasteiger partial charge in [-0.25, -0.2) is 8.42 Å². The van der Waals surface area contributed by atoms with Crippen LogP contribution in [0.2, 0.25) is 0 Å². The van der Waals surface area contributed by atoms with Gasteiger partial charge in [0.05, 0.1) is 4.90 Å². The fourth-order valence-electron chi connectivity index (χ4n) is 3.07. The predicted molar refractivity (Wildman–Crippen MR) is 94.7 cm³/mol. The lowest BCUT2D eigenvalue weighted by atomic mass is 9.92. The van der Waals surface area contributed by atoms with Crippen molar-refractivity contribution in [2.24, 2.45) is 17.6 Å². The lowest BCUT2D eigenvalue weighted by Crippen LogP contribution is -2.42. The normalized spacial score (nSPS) is 19.2. The first-order chi connectivity index (χ1) is 10.8. The summed E-state index contributed by atoms with van der Waals surface area (Å²) in [7, 11) is -3.37. The van der Waals surface area contributed by atoms with Crippen molar-refractivity contribution in [3.63, 3.8) is 0 Å². The zero-order valence-corrected chi connectivity index (χ0v) is 15.3. The molecule has 1 unspecified atom stereocenters. The molecule has 0 aliphatic carbocycles. The van der Waals surface area contributed by atoms with Gasteiger partial charge in [0.1, 0.15) is 0 Å². The third-order valence-electron chi connectivity index (χ3n) is 4.81. The minimum absolute atomic E-state index is 0.139. The number of benzene rings is 1. The molecule has 1 aliphatic rings. The molecular weight excluding hydrogens is 308 g/mol. The van der Waals surface area contributed by atoms with Gasteiger partial charge in [-0.15, -0.1) is 0 Å². The topological polar surface area (TPSA) is 63.4 Å². The van der Waals surface area contributed by atoms with Crippen LogP contribution < -0.4 is 5.73 Å². The van der Waals surface area contributed by atoms with E-state index in [-0.39, 0.29) is 6.04 Å². The molecule has 5 heteroatoms. The molecule has 0 aromatic heterocycles. The first-order valence-electron chi connectivity index (χ1n) is 8.65. The Balaban J connectivity index is 2.02. The molecular formula is C18H30N2O2S. The average molecular weight is 339 g/mol. The summed E-state index contributed by atoms with van der Waals surface area (Å²) >= 11 is 0. The maximum Gasteiger partial charge on any atom is 0.243 e. The maximum atomic E-state index is 12.7. The van der Waals surface area contributed by atoms with Crippen LogP contribution in [-0.2, 0) is 16.4 Å². The van der Waals surface area contributed by atoms with E-state index in [9.17, 15) is 8.42 Å². The van der Waals surface area contributed by atoms with Crippen LogP contribution in [0.5, 0.6) is 0 Å². The van der Waals surface area contributed by atoms with Crippen molar-refractivity contribution in [3.8, 4) is 0 Å². The highest BCUT2D eigenvalue weighted by Crippen LogP contribution is 2.25. The fourth-order valence-corrected chi connectivity index (χ4v) is 4.54. The highest BCUT2D eigenvalue weighted by Gasteiger charge is 2.30. The van der Waals surface area contributed by atoms with Gasteiger partial charge in [0, 0.05) is 19.1 Å². The van der Waals surface area contributed by atoms with E-state index in [0.717, 1.165) is 25.7 Å². The van der Waals surface area contributed by atoms with Crippen molar-refractivity contribution in [1.82, 2.24) is 4.31 Å². The summed E-state index contributed by atoms with van der Waals surface area (Å²) < 4.78 is 27.1. The van der Waals surface area contributed by atoms with Crippen molar-refractivity contribution in [3.05, 3.63) is 29.8 Å². The number of sulfonamides is 1. The molecule has 1 saturated heterocycles. The van der Waals surface area contributed by atoms with Crippen molar-refractivity contribution < 1.29 is 8.42 Å². The molecule has 0 bridgehead atoms. The molecule has 0 amide bonds. The Kier molecular flexibility index (Phi) is 6.23. The summed E-state index contributed by atoms with van der Waals surface area (Å²) in [5, 5.41) is 0. The van der Waals surface area contributed by atoms with E-state index in [1.165, 1.54) is 5.56 Å². The second-order valence-electron chi connectivity index (χ2n) is 7.18. The Morgan fingerprint density at radius 3 is 2.17 bits per heavy atom. The molecule has 0 spiro atoms. The van der Waals surface area contributed by atoms with Gasteiger partial charge in [-0.1, -0.05) is 26.0 Å². The second-order valence-corrected chi connectivity index (χ2v) is 9.12. The first kappa shape index (κ1) is 18.4. The molecule has 0 radical (unpaired) electrons. The summed E-state index contributed by atoms with van der Waals surface area (Å²) in [5.74, 6) is 1.09. The van der Waals surface area contributed by atoms with Gasteiger partial charge >= 0.3 is 0 Å². The Morgan fingerprint density at radius 2 is 1.70 bits per heavy atom. The molecule has 2 N–H and O–H groups in total. The zero-order chi connectivity index (χ0) is 17.0. The van der Waals surface area contributed by atoms with Gasteiger partial charge in [0.25, 0.3) is 0 Å². The number of aryl methyl sites for hydroxylation is 1. The lowest BCUT2D eigenvalue weighted by Gasteiger charge is -2.32. The van der Waals surface area contributed by atoms with Crippen LogP contribution >= 0.6 is 0 Å². The third kappa shape index (κ3) is 4.78. The van der Waals surface area contributed by atoms with E-state index >= 15 is 0 Å². The zero-order valence-electron chi connectivity index (χ0n) is 14.5. The average Bonchev–Trinajstić information content (AvgIpc) is 2.53. The summed E-state index contributed by atoms with van der Waals surface area (Å²) in [5.41, 5.74) is 7.13. The van der Waals surface area contributed by atoms with Gasteiger partial charge in [0.15, 0.2) is 0 Å². The molecule has 1 aliphatic heterocycles. The van der Waals surface area contributed by atoms with Crippen molar-refractivity contribution >= 4 is 10.0 Å². The van der Waals surface area contributed by atoms with Crippen LogP contribution in [0.1, 0.15) is 45.6 Å². The molecule has 130 valence electrons. The summed E-state index contributed by atoms with van der Waals surface area (Å²) in [6.45, 7) is 7.55. The van der Waals surface area contributed by atoms with Gasteiger partial charge in [0.2, 0.25) is 10.0 Å². The SMILES string of the molecule is CC(C)CCc1ccc(S(=O)(=O)N2CCC(C(C)N)CC2)cc1. The second kappa shape index (κ2) is 7.77. The standard InChI is InChI=1S/C18H30N2O2S/c1-14(2)4-5-16-6-8-18(9-7-16)23(21,22)20-12-10-17(11-13-20)15(3)19/h6-9,14-15,17H,4-5,10-13,19H2,1-3H3. The number of piperidine rings is 1. The van der Waals surface area contributed by atoms with Crippen LogP contribution in [0.4, 0.5) is 0 Å². The number of hydrogen-bond donors (Lipinski definition) is 1. The molecule has 1 atom stereocenters. The maximum absolute atomic E-state index is 12.7. The van der Waals surface area contributed by atoms with Crippen molar-refractivity contribution in [1.29, 1.82) is 0 Å². The molecule has 1 aromatic carbocycles. The van der Waals surface area contributed by atoms with E-state index in [1.807, 2.05) is 19.1 Å². The Bertz CT molecular complexity index is 586. The van der Waals surface area contributed by atoms with Crippen LogP contribution in [0, 0.1) is 11.8 Å². The van der Waals surface area contributed by atoms with E-state index in [2.05, 4.69) is 13.8 Å². The van der Waals surface area contributed by atoms with Gasteiger partial charge in [-0.05, 0) is 62.1 Å². The van der Waals surface area contributed by atoms with Crippen LogP contribution in [0.25, 0.3) is 0 Å². The highest BCUT2D eigenvalue weighted by atomic mass is 32.2. The lowest BCUT2D eigenvalue weighted by molar-refractivity contribution is 0.250. The molecule has 23 heavy (non-hydrogen) atoms. The number of nitrogens with zero attached hydrogens (tertiary/aromatic N) is 1. The van der Waals surface area contributed by atoms with Crippen molar-refractivity contribution in [2.75, 3.05) is 13.1 Å². The summed E-state index contributed by atoms with van der Waals surface area (Å²) in [4.78, 5) is 0.407.